The first-order chi connectivity index (χ1) is 12.5. The molecule has 0 aliphatic carbocycles. The lowest BCUT2D eigenvalue weighted by Gasteiger charge is -2.13. The summed E-state index contributed by atoms with van der Waals surface area (Å²) in [5.74, 6) is 0.0132. The molecule has 2 aromatic rings. The van der Waals surface area contributed by atoms with E-state index in [9.17, 15) is 9.59 Å². The predicted octanol–water partition coefficient (Wildman–Crippen LogP) is 3.67. The zero-order chi connectivity index (χ0) is 18.9. The summed E-state index contributed by atoms with van der Waals surface area (Å²) in [6, 6.07) is 16.7. The van der Waals surface area contributed by atoms with Crippen LogP contribution < -0.4 is 5.32 Å². The van der Waals surface area contributed by atoms with Crippen molar-refractivity contribution in [3.63, 3.8) is 0 Å². The van der Waals surface area contributed by atoms with Gasteiger partial charge in [0.25, 0.3) is 5.91 Å². The van der Waals surface area contributed by atoms with E-state index in [1.165, 1.54) is 24.2 Å². The number of rotatable bonds is 7. The van der Waals surface area contributed by atoms with E-state index in [1.807, 2.05) is 37.3 Å². The molecular weight excluding hydrogens is 348 g/mol. The van der Waals surface area contributed by atoms with Crippen molar-refractivity contribution < 1.29 is 14.3 Å². The fourth-order valence-electron chi connectivity index (χ4n) is 2.13. The number of benzene rings is 2. The van der Waals surface area contributed by atoms with Gasteiger partial charge in [0.15, 0.2) is 6.10 Å². The lowest BCUT2D eigenvalue weighted by atomic mass is 10.2. The Morgan fingerprint density at radius 1 is 1.23 bits per heavy atom. The van der Waals surface area contributed by atoms with E-state index in [4.69, 9.17) is 10.00 Å². The second-order valence-corrected chi connectivity index (χ2v) is 6.78. The number of thioether (sulfide) groups is 1. The monoisotopic (exact) mass is 368 g/mol. The first kappa shape index (κ1) is 19.5. The number of nitrogens with zero attached hydrogens (tertiary/aromatic N) is 1. The van der Waals surface area contributed by atoms with Gasteiger partial charge >= 0.3 is 5.97 Å². The summed E-state index contributed by atoms with van der Waals surface area (Å²) < 4.78 is 5.16. The minimum Gasteiger partial charge on any atom is -0.452 e. The van der Waals surface area contributed by atoms with Gasteiger partial charge in [0.2, 0.25) is 0 Å². The highest BCUT2D eigenvalue weighted by atomic mass is 32.2. The van der Waals surface area contributed by atoms with Crippen LogP contribution in [0, 0.1) is 18.3 Å². The summed E-state index contributed by atoms with van der Waals surface area (Å²) in [6.45, 7) is 3.54. The molecule has 0 spiro atoms. The molecule has 1 atom stereocenters. The molecule has 0 aliphatic heterocycles. The average molecular weight is 368 g/mol. The number of hydrogen-bond acceptors (Lipinski definition) is 5. The maximum absolute atomic E-state index is 12.1. The Balaban J connectivity index is 1.75. The maximum Gasteiger partial charge on any atom is 0.316 e. The third-order valence-electron chi connectivity index (χ3n) is 3.55. The first-order valence-corrected chi connectivity index (χ1v) is 9.27. The number of amides is 1. The van der Waals surface area contributed by atoms with Crippen molar-refractivity contribution in [2.24, 2.45) is 0 Å². The molecule has 1 amide bonds. The van der Waals surface area contributed by atoms with Crippen molar-refractivity contribution >= 4 is 29.3 Å². The van der Waals surface area contributed by atoms with Gasteiger partial charge in [0.1, 0.15) is 0 Å². The largest absolute Gasteiger partial charge is 0.452 e. The fourth-order valence-corrected chi connectivity index (χ4v) is 2.90. The molecule has 5 nitrogen and oxygen atoms in total. The Bertz CT molecular complexity index is 813. The Kier molecular flexibility index (Phi) is 7.24. The maximum atomic E-state index is 12.1. The topological polar surface area (TPSA) is 79.2 Å². The second kappa shape index (κ2) is 9.64. The summed E-state index contributed by atoms with van der Waals surface area (Å²) in [4.78, 5) is 24.0. The molecule has 0 saturated heterocycles. The molecule has 26 heavy (non-hydrogen) atoms. The highest BCUT2D eigenvalue weighted by Crippen LogP contribution is 2.14. The Morgan fingerprint density at radius 3 is 2.65 bits per heavy atom. The quantitative estimate of drug-likeness (QED) is 0.754. The van der Waals surface area contributed by atoms with Gasteiger partial charge in [-0.25, -0.2) is 0 Å². The first-order valence-electron chi connectivity index (χ1n) is 8.11. The van der Waals surface area contributed by atoms with Crippen molar-refractivity contribution in [3.8, 4) is 6.07 Å². The van der Waals surface area contributed by atoms with Crippen LogP contribution in [0.1, 0.15) is 23.6 Å². The molecular formula is C20H20N2O3S. The van der Waals surface area contributed by atoms with E-state index >= 15 is 0 Å². The van der Waals surface area contributed by atoms with E-state index in [1.54, 1.807) is 24.3 Å². The van der Waals surface area contributed by atoms with Crippen LogP contribution in [0.3, 0.4) is 0 Å². The molecule has 0 aliphatic rings. The van der Waals surface area contributed by atoms with E-state index in [0.29, 0.717) is 17.0 Å². The average Bonchev–Trinajstić information content (AvgIpc) is 2.63. The molecule has 0 fully saturated rings. The Morgan fingerprint density at radius 2 is 1.96 bits per heavy atom. The number of aryl methyl sites for hydroxylation is 1. The van der Waals surface area contributed by atoms with Crippen molar-refractivity contribution in [1.29, 1.82) is 5.26 Å². The second-order valence-electron chi connectivity index (χ2n) is 5.79. The van der Waals surface area contributed by atoms with Gasteiger partial charge in [-0.15, -0.1) is 11.8 Å². The molecule has 2 aromatic carbocycles. The van der Waals surface area contributed by atoms with Crippen LogP contribution >= 0.6 is 11.8 Å². The number of anilines is 1. The van der Waals surface area contributed by atoms with Crippen molar-refractivity contribution in [2.45, 2.75) is 25.7 Å². The Labute approximate surface area is 157 Å². The van der Waals surface area contributed by atoms with Gasteiger partial charge < -0.3 is 10.1 Å². The molecule has 0 radical (unpaired) electrons. The van der Waals surface area contributed by atoms with Crippen LogP contribution in [-0.4, -0.2) is 23.7 Å². The SMILES string of the molecule is Cc1ccc(CSCC(=O)O[C@@H](C)C(=O)Nc2cccc(C#N)c2)cc1. The Hall–Kier alpha value is -2.78. The highest BCUT2D eigenvalue weighted by molar-refractivity contribution is 7.99. The van der Waals surface area contributed by atoms with Gasteiger partial charge in [-0.2, -0.15) is 5.26 Å². The third kappa shape index (κ3) is 6.26. The highest BCUT2D eigenvalue weighted by Gasteiger charge is 2.18. The number of ether oxygens (including phenoxy) is 1. The minimum absolute atomic E-state index is 0.176. The summed E-state index contributed by atoms with van der Waals surface area (Å²) in [6.07, 6.45) is -0.909. The molecule has 0 unspecified atom stereocenters. The lowest BCUT2D eigenvalue weighted by Crippen LogP contribution is -2.30. The molecule has 0 heterocycles. The van der Waals surface area contributed by atoms with Crippen LogP contribution in [0.5, 0.6) is 0 Å². The van der Waals surface area contributed by atoms with Crippen molar-refractivity contribution in [2.75, 3.05) is 11.1 Å². The molecule has 134 valence electrons. The molecule has 6 heteroatoms. The normalized spacial score (nSPS) is 11.3. The molecule has 0 saturated carbocycles. The van der Waals surface area contributed by atoms with Gasteiger partial charge in [0.05, 0.1) is 17.4 Å². The van der Waals surface area contributed by atoms with Crippen molar-refractivity contribution in [1.82, 2.24) is 0 Å². The fraction of sp³-hybridized carbons (Fsp3) is 0.250. The smallest absolute Gasteiger partial charge is 0.316 e. The van der Waals surface area contributed by atoms with E-state index < -0.39 is 18.0 Å². The minimum atomic E-state index is -0.909. The van der Waals surface area contributed by atoms with Crippen LogP contribution in [0.4, 0.5) is 5.69 Å². The van der Waals surface area contributed by atoms with E-state index in [2.05, 4.69) is 5.32 Å². The summed E-state index contributed by atoms with van der Waals surface area (Å²) in [5.41, 5.74) is 3.26. The standard InChI is InChI=1S/C20H20N2O3S/c1-14-6-8-16(9-7-14)12-26-13-19(23)25-15(2)20(24)22-18-5-3-4-17(10-18)11-21/h3-10,15H,12-13H2,1-2H3,(H,22,24)/t15-/m0/s1. The van der Waals surface area contributed by atoms with E-state index in [-0.39, 0.29) is 5.75 Å². The number of carbonyl (C=O) groups excluding carboxylic acids is 2. The van der Waals surface area contributed by atoms with Crippen LogP contribution in [0.2, 0.25) is 0 Å². The lowest BCUT2D eigenvalue weighted by molar-refractivity contribution is -0.150. The summed E-state index contributed by atoms with van der Waals surface area (Å²) in [5, 5.41) is 11.5. The van der Waals surface area contributed by atoms with E-state index in [0.717, 1.165) is 5.56 Å². The van der Waals surface area contributed by atoms with Gasteiger partial charge in [-0.3, -0.25) is 9.59 Å². The molecule has 0 bridgehead atoms. The number of nitrogens with one attached hydrogen (secondary N) is 1. The number of nitriles is 1. The third-order valence-corrected chi connectivity index (χ3v) is 4.52. The van der Waals surface area contributed by atoms with Gasteiger partial charge in [-0.1, -0.05) is 35.9 Å². The van der Waals surface area contributed by atoms with Gasteiger partial charge in [0, 0.05) is 11.4 Å². The summed E-state index contributed by atoms with van der Waals surface area (Å²) >= 11 is 1.44. The molecule has 1 N–H and O–H groups in total. The zero-order valence-electron chi connectivity index (χ0n) is 14.7. The summed E-state index contributed by atoms with van der Waals surface area (Å²) in [7, 11) is 0. The zero-order valence-corrected chi connectivity index (χ0v) is 15.5. The number of esters is 1. The molecule has 0 aromatic heterocycles. The number of hydrogen-bond donors (Lipinski definition) is 1. The van der Waals surface area contributed by atoms with Crippen LogP contribution in [0.15, 0.2) is 48.5 Å². The van der Waals surface area contributed by atoms with Crippen LogP contribution in [-0.2, 0) is 20.1 Å². The van der Waals surface area contributed by atoms with Crippen LogP contribution in [0.25, 0.3) is 0 Å². The number of carbonyl (C=O) groups is 2. The predicted molar refractivity (Wildman–Crippen MR) is 103 cm³/mol. The van der Waals surface area contributed by atoms with Crippen molar-refractivity contribution in [3.05, 3.63) is 65.2 Å². The van der Waals surface area contributed by atoms with Gasteiger partial charge in [-0.05, 0) is 37.6 Å². The molecule has 2 rings (SSSR count).